The largest absolute Gasteiger partial charge is 0.483 e. The van der Waals surface area contributed by atoms with Gasteiger partial charge in [-0.15, -0.1) is 0 Å². The molecule has 1 N–H and O–H groups in total. The number of rotatable bonds is 7. The molecular weight excluding hydrogens is 390 g/mol. The van der Waals surface area contributed by atoms with Crippen LogP contribution in [0, 0.1) is 10.1 Å². The van der Waals surface area contributed by atoms with Gasteiger partial charge in [-0.3, -0.25) is 14.9 Å². The Morgan fingerprint density at radius 2 is 2.00 bits per heavy atom. The molecule has 0 aliphatic carbocycles. The number of benzene rings is 2. The average molecular weight is 406 g/mol. The highest BCUT2D eigenvalue weighted by Gasteiger charge is 2.11. The molecule has 0 saturated carbocycles. The number of nitro groups is 1. The summed E-state index contributed by atoms with van der Waals surface area (Å²) >= 11 is 3.18. The maximum Gasteiger partial charge on any atom is 0.277 e. The second-order valence-electron chi connectivity index (χ2n) is 4.97. The Morgan fingerprint density at radius 3 is 2.60 bits per heavy atom. The van der Waals surface area contributed by atoms with E-state index in [1.54, 1.807) is 0 Å². The lowest BCUT2D eigenvalue weighted by Crippen LogP contribution is -2.26. The van der Waals surface area contributed by atoms with Crippen molar-refractivity contribution in [3.63, 3.8) is 0 Å². The Kier molecular flexibility index (Phi) is 6.64. The molecule has 2 aromatic carbocycles. The molecule has 8 heteroatoms. The van der Waals surface area contributed by atoms with Crippen molar-refractivity contribution in [2.24, 2.45) is 5.10 Å². The molecule has 0 bridgehead atoms. The van der Waals surface area contributed by atoms with Crippen LogP contribution >= 0.6 is 15.9 Å². The number of hydrogen-bond acceptors (Lipinski definition) is 5. The monoisotopic (exact) mass is 405 g/mol. The van der Waals surface area contributed by atoms with Crippen LogP contribution in [0.25, 0.3) is 0 Å². The fourth-order valence-electron chi connectivity index (χ4n) is 2.00. The maximum absolute atomic E-state index is 11.9. The van der Waals surface area contributed by atoms with Gasteiger partial charge in [0, 0.05) is 12.1 Å². The van der Waals surface area contributed by atoms with Crippen molar-refractivity contribution in [3.8, 4) is 5.75 Å². The van der Waals surface area contributed by atoms with Gasteiger partial charge in [-0.25, -0.2) is 5.43 Å². The van der Waals surface area contributed by atoms with Crippen molar-refractivity contribution < 1.29 is 14.5 Å². The first-order valence-corrected chi connectivity index (χ1v) is 8.28. The molecule has 130 valence electrons. The van der Waals surface area contributed by atoms with Gasteiger partial charge in [0.2, 0.25) is 0 Å². The SMILES string of the molecule is CCC(=NNC(=O)COc1ccc([N+](=O)[O-])cc1Br)c1ccccc1. The van der Waals surface area contributed by atoms with Gasteiger partial charge in [-0.05, 0) is 34.0 Å². The lowest BCUT2D eigenvalue weighted by molar-refractivity contribution is -0.384. The number of carbonyl (C=O) groups is 1. The molecule has 0 aliphatic heterocycles. The standard InChI is InChI=1S/C17H16BrN3O4/c1-2-15(12-6-4-3-5-7-12)19-20-17(22)11-25-16-9-8-13(21(23)24)10-14(16)18/h3-10H,2,11H2,1H3,(H,20,22). The van der Waals surface area contributed by atoms with Gasteiger partial charge < -0.3 is 4.74 Å². The number of amides is 1. The third kappa shape index (κ3) is 5.39. The number of ether oxygens (including phenoxy) is 1. The number of hydrogen-bond donors (Lipinski definition) is 1. The molecule has 0 heterocycles. The van der Waals surface area contributed by atoms with E-state index in [0.29, 0.717) is 16.6 Å². The highest BCUT2D eigenvalue weighted by molar-refractivity contribution is 9.10. The fourth-order valence-corrected chi connectivity index (χ4v) is 2.49. The van der Waals surface area contributed by atoms with E-state index >= 15 is 0 Å². The zero-order valence-electron chi connectivity index (χ0n) is 13.4. The summed E-state index contributed by atoms with van der Waals surface area (Å²) in [6.07, 6.45) is 0.666. The number of non-ortho nitro benzene ring substituents is 1. The Labute approximate surface area is 153 Å². The molecule has 2 aromatic rings. The van der Waals surface area contributed by atoms with Gasteiger partial charge in [0.15, 0.2) is 6.61 Å². The number of hydrazone groups is 1. The maximum atomic E-state index is 11.9. The van der Waals surface area contributed by atoms with Crippen LogP contribution in [0.2, 0.25) is 0 Å². The minimum Gasteiger partial charge on any atom is -0.483 e. The summed E-state index contributed by atoms with van der Waals surface area (Å²) in [6, 6.07) is 13.6. The van der Waals surface area contributed by atoms with Gasteiger partial charge in [-0.1, -0.05) is 37.3 Å². The summed E-state index contributed by atoms with van der Waals surface area (Å²) in [6.45, 7) is 1.69. The second-order valence-corrected chi connectivity index (χ2v) is 5.83. The van der Waals surface area contributed by atoms with E-state index in [2.05, 4.69) is 26.5 Å². The smallest absolute Gasteiger partial charge is 0.277 e. The summed E-state index contributed by atoms with van der Waals surface area (Å²) in [5.74, 6) is -0.0874. The molecular formula is C17H16BrN3O4. The normalized spacial score (nSPS) is 11.0. The van der Waals surface area contributed by atoms with E-state index in [9.17, 15) is 14.9 Å². The van der Waals surface area contributed by atoms with E-state index < -0.39 is 10.8 Å². The first-order chi connectivity index (χ1) is 12.0. The first kappa shape index (κ1) is 18.6. The molecule has 0 saturated heterocycles. The van der Waals surface area contributed by atoms with Crippen LogP contribution in [-0.2, 0) is 4.79 Å². The quantitative estimate of drug-likeness (QED) is 0.431. The van der Waals surface area contributed by atoms with E-state index in [1.807, 2.05) is 37.3 Å². The number of nitrogens with zero attached hydrogens (tertiary/aromatic N) is 2. The van der Waals surface area contributed by atoms with Gasteiger partial charge in [0.05, 0.1) is 15.1 Å². The Morgan fingerprint density at radius 1 is 1.28 bits per heavy atom. The highest BCUT2D eigenvalue weighted by atomic mass is 79.9. The van der Waals surface area contributed by atoms with E-state index in [1.165, 1.54) is 18.2 Å². The highest BCUT2D eigenvalue weighted by Crippen LogP contribution is 2.28. The summed E-state index contributed by atoms with van der Waals surface area (Å²) in [7, 11) is 0. The minimum absolute atomic E-state index is 0.0660. The molecule has 0 spiro atoms. The molecule has 0 fully saturated rings. The number of nitrogens with one attached hydrogen (secondary N) is 1. The first-order valence-electron chi connectivity index (χ1n) is 7.48. The lowest BCUT2D eigenvalue weighted by Gasteiger charge is -2.08. The van der Waals surface area contributed by atoms with Crippen LogP contribution < -0.4 is 10.2 Å². The second kappa shape index (κ2) is 8.93. The Balaban J connectivity index is 1.94. The van der Waals surface area contributed by atoms with Crippen molar-refractivity contribution in [1.82, 2.24) is 5.43 Å². The van der Waals surface area contributed by atoms with Crippen molar-refractivity contribution in [3.05, 3.63) is 68.7 Å². The number of halogens is 1. The van der Waals surface area contributed by atoms with Crippen LogP contribution in [0.3, 0.4) is 0 Å². The zero-order valence-corrected chi connectivity index (χ0v) is 15.0. The molecule has 0 atom stereocenters. The van der Waals surface area contributed by atoms with Gasteiger partial charge in [0.25, 0.3) is 11.6 Å². The average Bonchev–Trinajstić information content (AvgIpc) is 2.62. The summed E-state index contributed by atoms with van der Waals surface area (Å²) < 4.78 is 5.75. The van der Waals surface area contributed by atoms with Crippen LogP contribution in [0.1, 0.15) is 18.9 Å². The van der Waals surface area contributed by atoms with Crippen LogP contribution in [0.4, 0.5) is 5.69 Å². The minimum atomic E-state index is -0.508. The molecule has 25 heavy (non-hydrogen) atoms. The zero-order chi connectivity index (χ0) is 18.2. The van der Waals surface area contributed by atoms with Crippen LogP contribution in [0.5, 0.6) is 5.75 Å². The summed E-state index contributed by atoms with van der Waals surface area (Å²) in [4.78, 5) is 22.1. The fraction of sp³-hybridized carbons (Fsp3) is 0.176. The third-order valence-electron chi connectivity index (χ3n) is 3.24. The van der Waals surface area contributed by atoms with E-state index in [0.717, 1.165) is 11.3 Å². The van der Waals surface area contributed by atoms with Crippen molar-refractivity contribution >= 4 is 33.2 Å². The molecule has 0 radical (unpaired) electrons. The predicted molar refractivity (Wildman–Crippen MR) is 97.7 cm³/mol. The number of carbonyl (C=O) groups excluding carboxylic acids is 1. The molecule has 2 rings (SSSR count). The number of nitro benzene ring substituents is 1. The molecule has 0 aromatic heterocycles. The summed E-state index contributed by atoms with van der Waals surface area (Å²) in [5.41, 5.74) is 4.08. The van der Waals surface area contributed by atoms with E-state index in [4.69, 9.17) is 4.74 Å². The Hall–Kier alpha value is -2.74. The Bertz CT molecular complexity index is 794. The third-order valence-corrected chi connectivity index (χ3v) is 3.86. The molecule has 0 unspecified atom stereocenters. The lowest BCUT2D eigenvalue weighted by atomic mass is 10.1. The molecule has 0 aliphatic rings. The van der Waals surface area contributed by atoms with Gasteiger partial charge in [-0.2, -0.15) is 5.10 Å². The van der Waals surface area contributed by atoms with Crippen molar-refractivity contribution in [1.29, 1.82) is 0 Å². The van der Waals surface area contributed by atoms with Crippen molar-refractivity contribution in [2.45, 2.75) is 13.3 Å². The van der Waals surface area contributed by atoms with Crippen LogP contribution in [-0.4, -0.2) is 23.1 Å². The topological polar surface area (TPSA) is 93.8 Å². The van der Waals surface area contributed by atoms with Gasteiger partial charge >= 0.3 is 0 Å². The molecule has 1 amide bonds. The predicted octanol–water partition coefficient (Wildman–Crippen LogP) is 3.67. The van der Waals surface area contributed by atoms with Crippen molar-refractivity contribution in [2.75, 3.05) is 6.61 Å². The summed E-state index contributed by atoms with van der Waals surface area (Å²) in [5, 5.41) is 14.8. The molecule has 7 nitrogen and oxygen atoms in total. The van der Waals surface area contributed by atoms with Crippen LogP contribution in [0.15, 0.2) is 58.1 Å². The van der Waals surface area contributed by atoms with Gasteiger partial charge in [0.1, 0.15) is 5.75 Å². The van der Waals surface area contributed by atoms with E-state index in [-0.39, 0.29) is 12.3 Å².